The van der Waals surface area contributed by atoms with Crippen molar-refractivity contribution in [3.63, 3.8) is 0 Å². The third-order valence-electron chi connectivity index (χ3n) is 3.77. The quantitative estimate of drug-likeness (QED) is 0.672. The average Bonchev–Trinajstić information content (AvgIpc) is 2.92. The summed E-state index contributed by atoms with van der Waals surface area (Å²) < 4.78 is 27.8. The molecular weight excluding hydrogens is 308 g/mol. The van der Waals surface area contributed by atoms with Gasteiger partial charge in [-0.3, -0.25) is 0 Å². The number of benzene rings is 2. The van der Waals surface area contributed by atoms with Gasteiger partial charge in [0.15, 0.2) is 0 Å². The summed E-state index contributed by atoms with van der Waals surface area (Å²) in [6.07, 6.45) is 2.97. The Hall–Kier alpha value is -2.40. The van der Waals surface area contributed by atoms with Gasteiger partial charge in [0.05, 0.1) is 15.9 Å². The van der Waals surface area contributed by atoms with Crippen LogP contribution in [-0.4, -0.2) is 17.4 Å². The third-order valence-corrected chi connectivity index (χ3v) is 5.67. The number of allylic oxidation sites excluding steroid dienone is 1. The number of aromatic nitrogens is 2. The smallest absolute Gasteiger partial charge is 0.232 e. The summed E-state index contributed by atoms with van der Waals surface area (Å²) in [5.74, 6) is 0.536. The van der Waals surface area contributed by atoms with E-state index in [9.17, 15) is 8.42 Å². The molecular formula is C18H18N2O2S. The minimum atomic E-state index is -3.69. The molecule has 0 aliphatic carbocycles. The predicted octanol–water partition coefficient (Wildman–Crippen LogP) is 3.70. The van der Waals surface area contributed by atoms with E-state index in [2.05, 4.69) is 11.6 Å². The fourth-order valence-corrected chi connectivity index (χ4v) is 4.40. The molecule has 3 rings (SSSR count). The van der Waals surface area contributed by atoms with Gasteiger partial charge in [-0.15, -0.1) is 6.58 Å². The number of imidazole rings is 1. The Bertz CT molecular complexity index is 972. The molecule has 0 fully saturated rings. The predicted molar refractivity (Wildman–Crippen MR) is 92.0 cm³/mol. The minimum absolute atomic E-state index is 0.308. The molecule has 0 aliphatic rings. The molecule has 0 saturated heterocycles. The molecule has 0 unspecified atom stereocenters. The molecule has 0 saturated carbocycles. The zero-order valence-electron chi connectivity index (χ0n) is 12.9. The number of hydrogen-bond acceptors (Lipinski definition) is 3. The summed E-state index contributed by atoms with van der Waals surface area (Å²) in [6.45, 7) is 5.51. The van der Waals surface area contributed by atoms with Crippen LogP contribution in [0.3, 0.4) is 0 Å². The molecule has 3 aromatic rings. The number of para-hydroxylation sites is 2. The fourth-order valence-electron chi connectivity index (χ4n) is 2.65. The Morgan fingerprint density at radius 1 is 1.13 bits per heavy atom. The highest BCUT2D eigenvalue weighted by Crippen LogP contribution is 2.25. The highest BCUT2D eigenvalue weighted by Gasteiger charge is 2.24. The van der Waals surface area contributed by atoms with Gasteiger partial charge in [0, 0.05) is 6.42 Å². The van der Waals surface area contributed by atoms with Crippen molar-refractivity contribution < 1.29 is 8.42 Å². The average molecular weight is 326 g/mol. The van der Waals surface area contributed by atoms with Gasteiger partial charge in [0.1, 0.15) is 5.82 Å². The number of aryl methyl sites for hydroxylation is 2. The molecule has 0 N–H and O–H groups in total. The molecule has 1 heterocycles. The highest BCUT2D eigenvalue weighted by atomic mass is 32.2. The van der Waals surface area contributed by atoms with Crippen molar-refractivity contribution >= 4 is 21.1 Å². The lowest BCUT2D eigenvalue weighted by atomic mass is 10.2. The van der Waals surface area contributed by atoms with Crippen molar-refractivity contribution in [1.82, 2.24) is 8.96 Å². The minimum Gasteiger partial charge on any atom is -0.232 e. The number of nitrogens with zero attached hydrogens (tertiary/aromatic N) is 2. The normalized spacial score (nSPS) is 11.7. The Labute approximate surface area is 136 Å². The molecule has 0 amide bonds. The molecule has 1 aromatic heterocycles. The van der Waals surface area contributed by atoms with Gasteiger partial charge in [-0.2, -0.15) is 0 Å². The van der Waals surface area contributed by atoms with E-state index >= 15 is 0 Å². The Kier molecular flexibility index (Phi) is 4.05. The maximum absolute atomic E-state index is 13.2. The van der Waals surface area contributed by atoms with Crippen LogP contribution in [-0.2, 0) is 16.4 Å². The van der Waals surface area contributed by atoms with Gasteiger partial charge in [-0.05, 0) is 37.1 Å². The summed E-state index contributed by atoms with van der Waals surface area (Å²) in [5.41, 5.74) is 2.01. The van der Waals surface area contributed by atoms with Crippen LogP contribution in [0.25, 0.3) is 11.0 Å². The van der Waals surface area contributed by atoms with E-state index in [-0.39, 0.29) is 0 Å². The van der Waals surface area contributed by atoms with Gasteiger partial charge in [-0.25, -0.2) is 17.4 Å². The van der Waals surface area contributed by atoms with Crippen LogP contribution in [0.15, 0.2) is 66.1 Å². The maximum atomic E-state index is 13.2. The van der Waals surface area contributed by atoms with Crippen molar-refractivity contribution in [3.8, 4) is 0 Å². The van der Waals surface area contributed by atoms with Crippen LogP contribution >= 0.6 is 0 Å². The van der Waals surface area contributed by atoms with Crippen molar-refractivity contribution in [2.75, 3.05) is 0 Å². The molecule has 5 heteroatoms. The van der Waals surface area contributed by atoms with Crippen molar-refractivity contribution in [2.45, 2.75) is 24.7 Å². The highest BCUT2D eigenvalue weighted by molar-refractivity contribution is 7.90. The molecule has 2 aromatic carbocycles. The summed E-state index contributed by atoms with van der Waals surface area (Å²) in [6, 6.07) is 14.3. The number of fused-ring (bicyclic) bond motifs is 1. The SMILES string of the molecule is C=CCCc1nc2ccccc2n1S(=O)(=O)c1ccccc1C. The van der Waals surface area contributed by atoms with E-state index in [0.717, 1.165) is 5.56 Å². The van der Waals surface area contributed by atoms with Crippen LogP contribution in [0.5, 0.6) is 0 Å². The first-order chi connectivity index (χ1) is 11.1. The molecule has 0 radical (unpaired) electrons. The van der Waals surface area contributed by atoms with Crippen LogP contribution < -0.4 is 0 Å². The van der Waals surface area contributed by atoms with Crippen LogP contribution in [0.2, 0.25) is 0 Å². The monoisotopic (exact) mass is 326 g/mol. The lowest BCUT2D eigenvalue weighted by molar-refractivity contribution is 0.585. The summed E-state index contributed by atoms with van der Waals surface area (Å²) in [7, 11) is -3.69. The summed E-state index contributed by atoms with van der Waals surface area (Å²) in [4.78, 5) is 4.82. The third kappa shape index (κ3) is 2.68. The fraction of sp³-hybridized carbons (Fsp3) is 0.167. The largest absolute Gasteiger partial charge is 0.269 e. The molecule has 0 aliphatic heterocycles. The summed E-state index contributed by atoms with van der Waals surface area (Å²) in [5, 5.41) is 0. The second-order valence-corrected chi connectivity index (χ2v) is 7.13. The van der Waals surface area contributed by atoms with Gasteiger partial charge >= 0.3 is 0 Å². The second kappa shape index (κ2) is 6.01. The number of hydrogen-bond donors (Lipinski definition) is 0. The van der Waals surface area contributed by atoms with Gasteiger partial charge in [0.25, 0.3) is 10.0 Å². The first kappa shape index (κ1) is 15.5. The molecule has 0 spiro atoms. The van der Waals surface area contributed by atoms with E-state index in [1.54, 1.807) is 37.3 Å². The van der Waals surface area contributed by atoms with E-state index in [0.29, 0.717) is 34.6 Å². The second-order valence-electron chi connectivity index (χ2n) is 5.38. The Morgan fingerprint density at radius 2 is 1.83 bits per heavy atom. The zero-order chi connectivity index (χ0) is 16.4. The first-order valence-corrected chi connectivity index (χ1v) is 8.88. The van der Waals surface area contributed by atoms with E-state index < -0.39 is 10.0 Å². The van der Waals surface area contributed by atoms with Crippen molar-refractivity contribution in [3.05, 3.63) is 72.6 Å². The molecule has 118 valence electrons. The van der Waals surface area contributed by atoms with E-state index in [1.807, 2.05) is 24.3 Å². The van der Waals surface area contributed by atoms with E-state index in [1.165, 1.54) is 3.97 Å². The molecule has 23 heavy (non-hydrogen) atoms. The maximum Gasteiger partial charge on any atom is 0.269 e. The van der Waals surface area contributed by atoms with Gasteiger partial charge in [-0.1, -0.05) is 36.4 Å². The number of rotatable bonds is 5. The van der Waals surface area contributed by atoms with Crippen molar-refractivity contribution in [1.29, 1.82) is 0 Å². The standard InChI is InChI=1S/C18H18N2O2S/c1-3-4-13-18-19-15-10-6-7-11-16(15)20(18)23(21,22)17-12-8-5-9-14(17)2/h3,5-12H,1,4,13H2,2H3. The lowest BCUT2D eigenvalue weighted by Crippen LogP contribution is -2.17. The zero-order valence-corrected chi connectivity index (χ0v) is 13.8. The van der Waals surface area contributed by atoms with Crippen LogP contribution in [0.4, 0.5) is 0 Å². The van der Waals surface area contributed by atoms with Crippen LogP contribution in [0.1, 0.15) is 17.8 Å². The molecule has 0 atom stereocenters. The lowest BCUT2D eigenvalue weighted by Gasteiger charge is -2.12. The topological polar surface area (TPSA) is 52.0 Å². The van der Waals surface area contributed by atoms with Crippen molar-refractivity contribution in [2.24, 2.45) is 0 Å². The van der Waals surface area contributed by atoms with E-state index in [4.69, 9.17) is 0 Å². The van der Waals surface area contributed by atoms with Gasteiger partial charge < -0.3 is 0 Å². The summed E-state index contributed by atoms with van der Waals surface area (Å²) >= 11 is 0. The van der Waals surface area contributed by atoms with Crippen LogP contribution in [0, 0.1) is 6.92 Å². The Balaban J connectivity index is 2.29. The Morgan fingerprint density at radius 3 is 2.57 bits per heavy atom. The molecule has 0 bridgehead atoms. The molecule has 4 nitrogen and oxygen atoms in total. The first-order valence-electron chi connectivity index (χ1n) is 7.44. The van der Waals surface area contributed by atoms with Gasteiger partial charge in [0.2, 0.25) is 0 Å².